The van der Waals surface area contributed by atoms with E-state index >= 15 is 0 Å². The minimum absolute atomic E-state index is 0.243. The molecule has 2 aromatic heterocycles. The van der Waals surface area contributed by atoms with Gasteiger partial charge in [0, 0.05) is 36.3 Å². The lowest BCUT2D eigenvalue weighted by atomic mass is 9.80. The van der Waals surface area contributed by atoms with Crippen molar-refractivity contribution < 1.29 is 9.53 Å². The number of esters is 1. The van der Waals surface area contributed by atoms with E-state index in [1.807, 2.05) is 61.6 Å². The number of para-hydroxylation sites is 1. The van der Waals surface area contributed by atoms with Gasteiger partial charge in [0.25, 0.3) is 0 Å². The molecule has 1 N–H and O–H groups in total. The predicted octanol–water partition coefficient (Wildman–Crippen LogP) is 6.63. The smallest absolute Gasteiger partial charge is 0.338 e. The fourth-order valence-corrected chi connectivity index (χ4v) is 5.65. The maximum atomic E-state index is 11.4. The van der Waals surface area contributed by atoms with Gasteiger partial charge in [-0.15, -0.1) is 11.3 Å². The Morgan fingerprint density at radius 3 is 2.56 bits per heavy atom. The number of aromatic nitrogens is 2. The number of carbonyl (C=O) groups is 1. The summed E-state index contributed by atoms with van der Waals surface area (Å²) < 4.78 is 4.73. The molecule has 2 heterocycles. The lowest BCUT2D eigenvalue weighted by Crippen LogP contribution is -2.26. The van der Waals surface area contributed by atoms with Gasteiger partial charge >= 0.3 is 5.97 Å². The number of hydrogen-bond acceptors (Lipinski definition) is 7. The normalized spacial score (nSPS) is 17.4. The van der Waals surface area contributed by atoms with Crippen LogP contribution in [0.5, 0.6) is 0 Å². The van der Waals surface area contributed by atoms with E-state index in [0.29, 0.717) is 5.56 Å². The first-order valence-corrected chi connectivity index (χ1v) is 14.1. The van der Waals surface area contributed by atoms with Crippen molar-refractivity contribution in [3.05, 3.63) is 52.0 Å². The van der Waals surface area contributed by atoms with Crippen LogP contribution in [0.3, 0.4) is 0 Å². The van der Waals surface area contributed by atoms with Crippen molar-refractivity contribution in [1.82, 2.24) is 15.3 Å². The standard InChI is InChI=1S/C18H29NO2S.C11H13N3/c1-3-4-5-14-6-8-15(9-7-14)11-19-12-17-10-16(13-22-17)18(20)21-2;1-8-12-10-7-5-4-6-9(10)11(13-8)14(2)3/h10,13-15,19H,3-9,11-12H2,1-2H3;4-7H,1-3H3. The summed E-state index contributed by atoms with van der Waals surface area (Å²) in [4.78, 5) is 23.4. The Morgan fingerprint density at radius 2 is 1.86 bits per heavy atom. The van der Waals surface area contributed by atoms with Gasteiger partial charge in [0.2, 0.25) is 0 Å². The van der Waals surface area contributed by atoms with Gasteiger partial charge in [0.1, 0.15) is 11.6 Å². The van der Waals surface area contributed by atoms with E-state index in [-0.39, 0.29) is 5.97 Å². The van der Waals surface area contributed by atoms with Gasteiger partial charge in [-0.25, -0.2) is 14.8 Å². The third kappa shape index (κ3) is 8.27. The van der Waals surface area contributed by atoms with E-state index < -0.39 is 0 Å². The highest BCUT2D eigenvalue weighted by atomic mass is 32.1. The maximum Gasteiger partial charge on any atom is 0.338 e. The first-order chi connectivity index (χ1) is 17.4. The summed E-state index contributed by atoms with van der Waals surface area (Å²) in [5.74, 6) is 3.36. The number of unbranched alkanes of at least 4 members (excludes halogenated alkanes) is 1. The van der Waals surface area contributed by atoms with Crippen LogP contribution in [0.25, 0.3) is 10.9 Å². The summed E-state index contributed by atoms with van der Waals surface area (Å²) in [5.41, 5.74) is 1.67. The third-order valence-electron chi connectivity index (χ3n) is 6.86. The second-order valence-electron chi connectivity index (χ2n) is 9.96. The minimum atomic E-state index is -0.243. The number of nitrogens with zero attached hydrogens (tertiary/aromatic N) is 3. The van der Waals surface area contributed by atoms with Crippen LogP contribution in [0, 0.1) is 18.8 Å². The molecule has 1 saturated carbocycles. The average molecular weight is 511 g/mol. The molecule has 3 aromatic rings. The molecule has 0 saturated heterocycles. The van der Waals surface area contributed by atoms with Crippen LogP contribution in [0.2, 0.25) is 0 Å². The highest BCUT2D eigenvalue weighted by Gasteiger charge is 2.20. The number of fused-ring (bicyclic) bond motifs is 1. The van der Waals surface area contributed by atoms with E-state index in [0.717, 1.165) is 47.5 Å². The van der Waals surface area contributed by atoms with E-state index in [9.17, 15) is 4.79 Å². The first kappa shape index (κ1) is 28.1. The topological polar surface area (TPSA) is 67.3 Å². The Hall–Kier alpha value is -2.51. The molecular weight excluding hydrogens is 468 g/mol. The third-order valence-corrected chi connectivity index (χ3v) is 7.79. The molecular formula is C29H42N4O2S. The van der Waals surface area contributed by atoms with Gasteiger partial charge in [-0.3, -0.25) is 0 Å². The van der Waals surface area contributed by atoms with Crippen LogP contribution in [-0.2, 0) is 11.3 Å². The molecule has 36 heavy (non-hydrogen) atoms. The molecule has 1 aliphatic rings. The second kappa shape index (κ2) is 14.3. The highest BCUT2D eigenvalue weighted by molar-refractivity contribution is 7.10. The summed E-state index contributed by atoms with van der Waals surface area (Å²) in [7, 11) is 5.41. The average Bonchev–Trinajstić information content (AvgIpc) is 3.36. The number of nitrogens with one attached hydrogen (secondary N) is 1. The van der Waals surface area contributed by atoms with Crippen molar-refractivity contribution in [1.29, 1.82) is 0 Å². The molecule has 0 aliphatic heterocycles. The SMILES string of the molecule is CCCCC1CCC(CNCc2cc(C(=O)OC)cs2)CC1.Cc1nc(N(C)C)c2ccccc2n1. The van der Waals surface area contributed by atoms with Crippen LogP contribution < -0.4 is 10.2 Å². The first-order valence-electron chi connectivity index (χ1n) is 13.2. The number of aryl methyl sites for hydroxylation is 1. The monoisotopic (exact) mass is 510 g/mol. The lowest BCUT2D eigenvalue weighted by molar-refractivity contribution is 0.0601. The Balaban J connectivity index is 0.000000221. The molecule has 0 spiro atoms. The van der Waals surface area contributed by atoms with Crippen LogP contribution in [0.4, 0.5) is 5.82 Å². The maximum absolute atomic E-state index is 11.4. The predicted molar refractivity (Wildman–Crippen MR) is 151 cm³/mol. The molecule has 1 aliphatic carbocycles. The zero-order valence-corrected chi connectivity index (χ0v) is 23.4. The van der Waals surface area contributed by atoms with Gasteiger partial charge < -0.3 is 15.0 Å². The van der Waals surface area contributed by atoms with Crippen LogP contribution in [-0.4, -0.2) is 43.7 Å². The number of carbonyl (C=O) groups excluding carboxylic acids is 1. The fourth-order valence-electron chi connectivity index (χ4n) is 4.83. The van der Waals surface area contributed by atoms with Gasteiger partial charge in [-0.2, -0.15) is 0 Å². The Labute approximate surface area is 220 Å². The molecule has 1 fully saturated rings. The van der Waals surface area contributed by atoms with Crippen molar-refractivity contribution in [2.75, 3.05) is 32.6 Å². The summed E-state index contributed by atoms with van der Waals surface area (Å²) >= 11 is 1.63. The van der Waals surface area contributed by atoms with Crippen molar-refractivity contribution >= 4 is 34.0 Å². The van der Waals surface area contributed by atoms with Crippen molar-refractivity contribution in [3.8, 4) is 0 Å². The Kier molecular flexibility index (Phi) is 11.1. The van der Waals surface area contributed by atoms with Gasteiger partial charge in [-0.05, 0) is 56.3 Å². The van der Waals surface area contributed by atoms with Crippen LogP contribution in [0.1, 0.15) is 72.9 Å². The molecule has 6 nitrogen and oxygen atoms in total. The number of ether oxygens (including phenoxy) is 1. The largest absolute Gasteiger partial charge is 0.465 e. The van der Waals surface area contributed by atoms with Crippen molar-refractivity contribution in [2.45, 2.75) is 65.3 Å². The minimum Gasteiger partial charge on any atom is -0.465 e. The van der Waals surface area contributed by atoms with Crippen molar-refractivity contribution in [3.63, 3.8) is 0 Å². The molecule has 1 aromatic carbocycles. The summed E-state index contributed by atoms with van der Waals surface area (Å²) in [6, 6.07) is 9.99. The van der Waals surface area contributed by atoms with Crippen LogP contribution >= 0.6 is 11.3 Å². The molecule has 0 amide bonds. The summed E-state index contributed by atoms with van der Waals surface area (Å²) in [6.07, 6.45) is 9.74. The van der Waals surface area contributed by atoms with Crippen LogP contribution in [0.15, 0.2) is 35.7 Å². The number of rotatable bonds is 9. The second-order valence-corrected chi connectivity index (χ2v) is 11.0. The molecule has 7 heteroatoms. The van der Waals surface area contributed by atoms with E-state index in [2.05, 4.69) is 22.2 Å². The lowest BCUT2D eigenvalue weighted by Gasteiger charge is -2.28. The van der Waals surface area contributed by atoms with Gasteiger partial charge in [-0.1, -0.05) is 51.2 Å². The Bertz CT molecular complexity index is 1090. The number of methoxy groups -OCH3 is 1. The zero-order chi connectivity index (χ0) is 25.9. The fraction of sp³-hybridized carbons (Fsp3) is 0.552. The number of anilines is 1. The molecule has 0 atom stereocenters. The zero-order valence-electron chi connectivity index (χ0n) is 22.5. The molecule has 196 valence electrons. The molecule has 0 radical (unpaired) electrons. The van der Waals surface area contributed by atoms with E-state index in [1.165, 1.54) is 56.9 Å². The molecule has 4 rings (SSSR count). The highest BCUT2D eigenvalue weighted by Crippen LogP contribution is 2.31. The van der Waals surface area contributed by atoms with E-state index in [4.69, 9.17) is 4.74 Å². The van der Waals surface area contributed by atoms with E-state index in [1.54, 1.807) is 11.3 Å². The summed E-state index contributed by atoms with van der Waals surface area (Å²) in [5, 5.41) is 6.53. The number of hydrogen-bond donors (Lipinski definition) is 1. The summed E-state index contributed by atoms with van der Waals surface area (Å²) in [6.45, 7) is 6.16. The van der Waals surface area contributed by atoms with Crippen molar-refractivity contribution in [2.24, 2.45) is 11.8 Å². The molecule has 0 bridgehead atoms. The number of thiophene rings is 1. The Morgan fingerprint density at radius 1 is 1.14 bits per heavy atom. The number of benzene rings is 1. The van der Waals surface area contributed by atoms with Gasteiger partial charge in [0.15, 0.2) is 0 Å². The molecule has 0 unspecified atom stereocenters. The van der Waals surface area contributed by atoms with Gasteiger partial charge in [0.05, 0.1) is 18.2 Å². The quantitative estimate of drug-likeness (QED) is 0.326.